The normalized spacial score (nSPS) is 15.1. The fraction of sp³-hybridized carbons (Fsp3) is 0.520. The van der Waals surface area contributed by atoms with Crippen LogP contribution in [0.5, 0.6) is 0 Å². The summed E-state index contributed by atoms with van der Waals surface area (Å²) < 4.78 is 1.95. The number of nitrogens with zero attached hydrogens (tertiary/aromatic N) is 6. The van der Waals surface area contributed by atoms with Crippen molar-refractivity contribution in [1.82, 2.24) is 29.7 Å². The zero-order valence-electron chi connectivity index (χ0n) is 21.1. The summed E-state index contributed by atoms with van der Waals surface area (Å²) in [6.45, 7) is 14.9. The number of aromatic nitrogens is 4. The fourth-order valence-electron chi connectivity index (χ4n) is 4.19. The maximum absolute atomic E-state index is 11.9. The van der Waals surface area contributed by atoms with Crippen LogP contribution in [0.4, 0.5) is 17.5 Å². The van der Waals surface area contributed by atoms with E-state index in [-0.39, 0.29) is 11.3 Å². The van der Waals surface area contributed by atoms with Gasteiger partial charge in [-0.3, -0.25) is 9.69 Å². The van der Waals surface area contributed by atoms with Crippen molar-refractivity contribution in [2.24, 2.45) is 7.05 Å². The van der Waals surface area contributed by atoms with Gasteiger partial charge in [-0.1, -0.05) is 32.9 Å². The zero-order valence-corrected chi connectivity index (χ0v) is 21.1. The second kappa shape index (κ2) is 9.58. The van der Waals surface area contributed by atoms with E-state index in [1.807, 2.05) is 18.5 Å². The van der Waals surface area contributed by atoms with E-state index in [1.54, 1.807) is 6.33 Å². The predicted molar refractivity (Wildman–Crippen MR) is 137 cm³/mol. The highest BCUT2D eigenvalue weighted by molar-refractivity contribution is 5.87. The van der Waals surface area contributed by atoms with Crippen molar-refractivity contribution in [2.45, 2.75) is 40.0 Å². The number of likely N-dealkylation sites (N-methyl/N-ethyl adjacent to an activating group) is 1. The summed E-state index contributed by atoms with van der Waals surface area (Å²) in [6.07, 6.45) is 1.77. The molecule has 1 aromatic carbocycles. The summed E-state index contributed by atoms with van der Waals surface area (Å²) in [5.74, 6) is 1.48. The van der Waals surface area contributed by atoms with Gasteiger partial charge in [-0.25, -0.2) is 4.98 Å². The Kier molecular flexibility index (Phi) is 6.74. The molecule has 0 spiro atoms. The number of hydrogen-bond acceptors (Lipinski definition) is 7. The lowest BCUT2D eigenvalue weighted by atomic mass is 9.86. The van der Waals surface area contributed by atoms with Gasteiger partial charge in [-0.2, -0.15) is 9.97 Å². The molecule has 0 unspecified atom stereocenters. The smallest absolute Gasteiger partial charge is 0.234 e. The number of piperazine rings is 1. The number of aryl methyl sites for hydroxylation is 2. The van der Waals surface area contributed by atoms with Crippen LogP contribution in [0.3, 0.4) is 0 Å². The van der Waals surface area contributed by atoms with Crippen LogP contribution in [-0.2, 0) is 17.3 Å². The minimum Gasteiger partial charge on any atom is -0.355 e. The molecule has 1 fully saturated rings. The van der Waals surface area contributed by atoms with Gasteiger partial charge in [-0.05, 0) is 36.5 Å². The number of rotatable bonds is 6. The van der Waals surface area contributed by atoms with E-state index in [0.29, 0.717) is 24.7 Å². The van der Waals surface area contributed by atoms with Gasteiger partial charge in [0.1, 0.15) is 5.52 Å². The Morgan fingerprint density at radius 3 is 2.53 bits per heavy atom. The van der Waals surface area contributed by atoms with Crippen LogP contribution in [0, 0.1) is 6.92 Å². The van der Waals surface area contributed by atoms with E-state index in [4.69, 9.17) is 9.97 Å². The third kappa shape index (κ3) is 5.14. The number of nitrogens with one attached hydrogen (secondary N) is 2. The molecule has 0 atom stereocenters. The third-order valence-electron chi connectivity index (χ3n) is 6.31. The highest BCUT2D eigenvalue weighted by Gasteiger charge is 2.23. The van der Waals surface area contributed by atoms with Crippen molar-refractivity contribution in [1.29, 1.82) is 0 Å². The van der Waals surface area contributed by atoms with E-state index in [1.165, 1.54) is 5.56 Å². The predicted octanol–water partition coefficient (Wildman–Crippen LogP) is 2.97. The van der Waals surface area contributed by atoms with E-state index < -0.39 is 0 Å². The molecule has 1 aliphatic heterocycles. The largest absolute Gasteiger partial charge is 0.355 e. The van der Waals surface area contributed by atoms with Gasteiger partial charge < -0.3 is 20.1 Å². The van der Waals surface area contributed by atoms with Crippen LogP contribution in [0.15, 0.2) is 24.5 Å². The first-order valence-corrected chi connectivity index (χ1v) is 12.0. The van der Waals surface area contributed by atoms with Crippen molar-refractivity contribution in [2.75, 3.05) is 49.5 Å². The summed E-state index contributed by atoms with van der Waals surface area (Å²) in [7, 11) is 1.96. The van der Waals surface area contributed by atoms with Crippen LogP contribution in [0.1, 0.15) is 38.8 Å². The molecule has 9 heteroatoms. The molecule has 0 saturated carbocycles. The number of imidazole rings is 1. The average Bonchev–Trinajstić information content (AvgIpc) is 3.16. The number of amides is 1. The lowest BCUT2D eigenvalue weighted by Gasteiger charge is -2.34. The average molecular weight is 465 g/mol. The molecule has 3 aromatic rings. The number of carbonyl (C=O) groups is 1. The SMILES string of the molecule is CCNC(=O)CN1CCN(c2nc(Nc3cc(C(C)(C)C)ccc3C)c3c(ncn3C)n2)CC1. The molecule has 34 heavy (non-hydrogen) atoms. The molecular weight excluding hydrogens is 428 g/mol. The molecule has 0 aliphatic carbocycles. The van der Waals surface area contributed by atoms with Crippen molar-refractivity contribution >= 4 is 34.5 Å². The molecule has 3 heterocycles. The number of anilines is 3. The van der Waals surface area contributed by atoms with E-state index in [2.05, 4.69) is 71.3 Å². The highest BCUT2D eigenvalue weighted by Crippen LogP contribution is 2.31. The summed E-state index contributed by atoms with van der Waals surface area (Å²) in [5.41, 5.74) is 5.05. The van der Waals surface area contributed by atoms with Gasteiger partial charge in [0.05, 0.1) is 12.9 Å². The first-order chi connectivity index (χ1) is 16.2. The van der Waals surface area contributed by atoms with Crippen LogP contribution in [0.25, 0.3) is 11.2 Å². The molecule has 9 nitrogen and oxygen atoms in total. The minimum atomic E-state index is 0.0521. The molecule has 1 aliphatic rings. The zero-order chi connectivity index (χ0) is 24.5. The molecule has 4 rings (SSSR count). The minimum absolute atomic E-state index is 0.0521. The number of fused-ring (bicyclic) bond motifs is 1. The van der Waals surface area contributed by atoms with E-state index >= 15 is 0 Å². The standard InChI is InChI=1S/C25H36N8O/c1-7-26-20(34)15-32-10-12-33(13-11-32)24-29-22-21(31(6)16-27-22)23(30-24)28-19-14-18(25(3,4)5)9-8-17(19)2/h8-9,14,16H,7,10-13,15H2,1-6H3,(H,26,34)(H,28,29,30). The maximum Gasteiger partial charge on any atom is 0.234 e. The molecule has 1 saturated heterocycles. The van der Waals surface area contributed by atoms with Gasteiger partial charge >= 0.3 is 0 Å². The number of benzene rings is 1. The van der Waals surface area contributed by atoms with Crippen molar-refractivity contribution in [3.05, 3.63) is 35.7 Å². The second-order valence-corrected chi connectivity index (χ2v) is 10.0. The van der Waals surface area contributed by atoms with Gasteiger partial charge in [0.2, 0.25) is 11.9 Å². The van der Waals surface area contributed by atoms with E-state index in [0.717, 1.165) is 48.8 Å². The molecule has 2 aromatic heterocycles. The molecule has 0 bridgehead atoms. The van der Waals surface area contributed by atoms with Gasteiger partial charge in [0.15, 0.2) is 11.5 Å². The Bertz CT molecular complexity index is 1170. The Hall–Kier alpha value is -3.20. The fourth-order valence-corrected chi connectivity index (χ4v) is 4.19. The summed E-state index contributed by atoms with van der Waals surface area (Å²) in [5, 5.41) is 6.45. The van der Waals surface area contributed by atoms with Crippen LogP contribution in [-0.4, -0.2) is 69.6 Å². The topological polar surface area (TPSA) is 91.2 Å². The molecule has 182 valence electrons. The lowest BCUT2D eigenvalue weighted by Crippen LogP contribution is -2.50. The van der Waals surface area contributed by atoms with Gasteiger partial charge in [0.25, 0.3) is 0 Å². The van der Waals surface area contributed by atoms with Crippen LogP contribution < -0.4 is 15.5 Å². The summed E-state index contributed by atoms with van der Waals surface area (Å²) in [4.78, 5) is 30.5. The summed E-state index contributed by atoms with van der Waals surface area (Å²) >= 11 is 0. The Labute approximate surface area is 201 Å². The monoisotopic (exact) mass is 464 g/mol. The number of hydrogen-bond donors (Lipinski definition) is 2. The number of carbonyl (C=O) groups excluding carboxylic acids is 1. The van der Waals surface area contributed by atoms with Crippen molar-refractivity contribution in [3.8, 4) is 0 Å². The Morgan fingerprint density at radius 2 is 1.85 bits per heavy atom. The second-order valence-electron chi connectivity index (χ2n) is 10.0. The highest BCUT2D eigenvalue weighted by atomic mass is 16.2. The molecular formula is C25H36N8O. The molecule has 2 N–H and O–H groups in total. The van der Waals surface area contributed by atoms with Crippen molar-refractivity contribution < 1.29 is 4.79 Å². The lowest BCUT2D eigenvalue weighted by molar-refractivity contribution is -0.122. The van der Waals surface area contributed by atoms with Crippen LogP contribution >= 0.6 is 0 Å². The van der Waals surface area contributed by atoms with Gasteiger partial charge in [0, 0.05) is 45.5 Å². The Balaban J connectivity index is 1.60. The first kappa shape index (κ1) is 23.9. The molecule has 1 amide bonds. The Morgan fingerprint density at radius 1 is 1.12 bits per heavy atom. The van der Waals surface area contributed by atoms with Crippen LogP contribution in [0.2, 0.25) is 0 Å². The summed E-state index contributed by atoms with van der Waals surface area (Å²) in [6, 6.07) is 6.55. The third-order valence-corrected chi connectivity index (χ3v) is 6.31. The first-order valence-electron chi connectivity index (χ1n) is 12.0. The quantitative estimate of drug-likeness (QED) is 0.579. The van der Waals surface area contributed by atoms with E-state index in [9.17, 15) is 4.79 Å². The maximum atomic E-state index is 11.9. The van der Waals surface area contributed by atoms with Gasteiger partial charge in [-0.15, -0.1) is 0 Å². The van der Waals surface area contributed by atoms with Crippen molar-refractivity contribution in [3.63, 3.8) is 0 Å². The molecule has 0 radical (unpaired) electrons.